The first-order valence-corrected chi connectivity index (χ1v) is 8.65. The van der Waals surface area contributed by atoms with Gasteiger partial charge in [0.05, 0.1) is 14.2 Å². The number of hydrogen-bond acceptors (Lipinski definition) is 4. The highest BCUT2D eigenvalue weighted by molar-refractivity contribution is 5.58. The topological polar surface area (TPSA) is 65.0 Å². The van der Waals surface area contributed by atoms with Crippen molar-refractivity contribution in [2.24, 2.45) is 0 Å². The number of ether oxygens (including phenoxy) is 3. The van der Waals surface area contributed by atoms with Gasteiger partial charge in [-0.05, 0) is 31.5 Å². The number of methoxy groups -OCH3 is 2. The summed E-state index contributed by atoms with van der Waals surface area (Å²) in [4.78, 5) is 10.9. The molecule has 0 saturated heterocycles. The van der Waals surface area contributed by atoms with Crippen LogP contribution in [0.1, 0.15) is 36.5 Å². The fraction of sp³-hybridized carbons (Fsp3) is 0.318. The van der Waals surface area contributed by atoms with Crippen LogP contribution in [0.5, 0.6) is 11.5 Å². The van der Waals surface area contributed by atoms with Crippen LogP contribution in [0, 0.1) is 0 Å². The molecule has 5 heteroatoms. The molecule has 1 atom stereocenters. The summed E-state index contributed by atoms with van der Waals surface area (Å²) >= 11 is 0. The van der Waals surface area contributed by atoms with Crippen LogP contribution in [0.3, 0.4) is 0 Å². The maximum Gasteiger partial charge on any atom is 0.506 e. The van der Waals surface area contributed by atoms with Gasteiger partial charge in [-0.1, -0.05) is 36.4 Å². The Morgan fingerprint density at radius 2 is 1.78 bits per heavy atom. The summed E-state index contributed by atoms with van der Waals surface area (Å²) in [5, 5.41) is 8.94. The number of allylic oxidation sites excluding steroid dienone is 1. The normalized spacial score (nSPS) is 12.1. The first-order chi connectivity index (χ1) is 12.8. The van der Waals surface area contributed by atoms with E-state index in [0.29, 0.717) is 17.9 Å². The lowest BCUT2D eigenvalue weighted by Crippen LogP contribution is -2.30. The quantitative estimate of drug-likeness (QED) is 0.521. The average molecular weight is 370 g/mol. The van der Waals surface area contributed by atoms with Gasteiger partial charge in [-0.25, -0.2) is 4.79 Å². The molecule has 0 aliphatic heterocycles. The highest BCUT2D eigenvalue weighted by Gasteiger charge is 2.27. The van der Waals surface area contributed by atoms with Crippen LogP contribution >= 0.6 is 0 Å². The van der Waals surface area contributed by atoms with Gasteiger partial charge in [0.25, 0.3) is 0 Å². The van der Waals surface area contributed by atoms with Crippen molar-refractivity contribution in [3.05, 3.63) is 71.8 Å². The molecular formula is C22H26O5. The lowest BCUT2D eigenvalue weighted by molar-refractivity contribution is 0.00396. The third kappa shape index (κ3) is 5.03. The van der Waals surface area contributed by atoms with E-state index in [1.54, 1.807) is 28.1 Å². The first kappa shape index (κ1) is 20.4. The summed E-state index contributed by atoms with van der Waals surface area (Å²) in [6.45, 7) is 7.42. The standard InChI is InChI=1S/C22H26O5/c1-6-17(15-10-8-7-9-11-15)18-13-19(25-4)16(12-20(18)26-5)14-22(2,3)27-21(23)24/h6-13,17H,1,14H2,2-5H3,(H,23,24). The number of carboxylic acid groups (broad SMARTS) is 1. The Hall–Kier alpha value is -2.95. The monoisotopic (exact) mass is 370 g/mol. The van der Waals surface area contributed by atoms with Crippen molar-refractivity contribution in [2.45, 2.75) is 31.8 Å². The number of hydrogen-bond donors (Lipinski definition) is 1. The van der Waals surface area contributed by atoms with Crippen LogP contribution in [0.2, 0.25) is 0 Å². The van der Waals surface area contributed by atoms with E-state index >= 15 is 0 Å². The molecule has 0 fully saturated rings. The zero-order valence-electron chi connectivity index (χ0n) is 16.2. The number of benzene rings is 2. The molecular weight excluding hydrogens is 344 g/mol. The largest absolute Gasteiger partial charge is 0.506 e. The maximum absolute atomic E-state index is 10.9. The van der Waals surface area contributed by atoms with Crippen LogP contribution in [0.15, 0.2) is 55.1 Å². The summed E-state index contributed by atoms with van der Waals surface area (Å²) in [6.07, 6.45) is 0.908. The van der Waals surface area contributed by atoms with Gasteiger partial charge in [-0.2, -0.15) is 0 Å². The summed E-state index contributed by atoms with van der Waals surface area (Å²) in [6, 6.07) is 13.8. The summed E-state index contributed by atoms with van der Waals surface area (Å²) in [7, 11) is 3.20. The zero-order chi connectivity index (χ0) is 20.0. The van der Waals surface area contributed by atoms with Crippen molar-refractivity contribution in [1.29, 1.82) is 0 Å². The second-order valence-corrected chi connectivity index (χ2v) is 6.83. The Balaban J connectivity index is 2.49. The first-order valence-electron chi connectivity index (χ1n) is 8.65. The van der Waals surface area contributed by atoms with Crippen molar-refractivity contribution in [3.8, 4) is 11.5 Å². The van der Waals surface area contributed by atoms with Gasteiger partial charge in [0.2, 0.25) is 0 Å². The fourth-order valence-corrected chi connectivity index (χ4v) is 3.20. The molecule has 2 aromatic rings. The zero-order valence-corrected chi connectivity index (χ0v) is 16.2. The smallest absolute Gasteiger partial charge is 0.496 e. The lowest BCUT2D eigenvalue weighted by atomic mass is 9.88. The number of rotatable bonds is 8. The third-order valence-corrected chi connectivity index (χ3v) is 4.34. The van der Waals surface area contributed by atoms with E-state index in [0.717, 1.165) is 16.7 Å². The van der Waals surface area contributed by atoms with Crippen LogP contribution in [0.4, 0.5) is 4.79 Å². The number of carbonyl (C=O) groups is 1. The lowest BCUT2D eigenvalue weighted by Gasteiger charge is -2.26. The second-order valence-electron chi connectivity index (χ2n) is 6.83. The van der Waals surface area contributed by atoms with E-state index in [4.69, 9.17) is 19.3 Å². The Labute approximate surface area is 160 Å². The minimum Gasteiger partial charge on any atom is -0.496 e. The Morgan fingerprint density at radius 3 is 2.30 bits per heavy atom. The van der Waals surface area contributed by atoms with Gasteiger partial charge in [-0.3, -0.25) is 0 Å². The van der Waals surface area contributed by atoms with Crippen LogP contribution < -0.4 is 9.47 Å². The predicted octanol–water partition coefficient (Wildman–Crippen LogP) is 5.04. The maximum atomic E-state index is 10.9. The Bertz CT molecular complexity index is 796. The van der Waals surface area contributed by atoms with E-state index in [-0.39, 0.29) is 5.92 Å². The van der Waals surface area contributed by atoms with E-state index in [1.165, 1.54) is 0 Å². The van der Waals surface area contributed by atoms with Gasteiger partial charge in [0.1, 0.15) is 17.1 Å². The molecule has 0 aliphatic rings. The van der Waals surface area contributed by atoms with E-state index in [1.807, 2.05) is 48.5 Å². The van der Waals surface area contributed by atoms with Crippen molar-refractivity contribution in [1.82, 2.24) is 0 Å². The van der Waals surface area contributed by atoms with Crippen LogP contribution in [-0.4, -0.2) is 31.1 Å². The minimum absolute atomic E-state index is 0.0626. The molecule has 0 radical (unpaired) electrons. The molecule has 0 aromatic heterocycles. The fourth-order valence-electron chi connectivity index (χ4n) is 3.20. The molecule has 0 saturated carbocycles. The van der Waals surface area contributed by atoms with Gasteiger partial charge < -0.3 is 19.3 Å². The molecule has 2 aromatic carbocycles. The molecule has 0 spiro atoms. The van der Waals surface area contributed by atoms with Gasteiger partial charge in [-0.15, -0.1) is 6.58 Å². The second kappa shape index (κ2) is 8.62. The molecule has 1 unspecified atom stereocenters. The van der Waals surface area contributed by atoms with Crippen molar-refractivity contribution in [2.75, 3.05) is 14.2 Å². The molecule has 0 heterocycles. The van der Waals surface area contributed by atoms with E-state index in [9.17, 15) is 4.79 Å². The molecule has 0 aliphatic carbocycles. The van der Waals surface area contributed by atoms with Crippen molar-refractivity contribution >= 4 is 6.16 Å². The Morgan fingerprint density at radius 1 is 1.15 bits per heavy atom. The average Bonchev–Trinajstić information content (AvgIpc) is 2.62. The minimum atomic E-state index is -1.31. The van der Waals surface area contributed by atoms with Crippen molar-refractivity contribution in [3.63, 3.8) is 0 Å². The Kier molecular flexibility index (Phi) is 6.50. The molecule has 5 nitrogen and oxygen atoms in total. The van der Waals surface area contributed by atoms with Gasteiger partial charge in [0, 0.05) is 23.5 Å². The molecule has 2 rings (SSSR count). The summed E-state index contributed by atoms with van der Waals surface area (Å²) in [5.74, 6) is 1.27. The van der Waals surface area contributed by atoms with Crippen LogP contribution in [-0.2, 0) is 11.2 Å². The molecule has 1 N–H and O–H groups in total. The molecule has 27 heavy (non-hydrogen) atoms. The molecule has 0 amide bonds. The van der Waals surface area contributed by atoms with E-state index < -0.39 is 11.8 Å². The summed E-state index contributed by atoms with van der Waals surface area (Å²) < 4.78 is 16.2. The van der Waals surface area contributed by atoms with Crippen LogP contribution in [0.25, 0.3) is 0 Å². The predicted molar refractivity (Wildman–Crippen MR) is 105 cm³/mol. The highest BCUT2D eigenvalue weighted by atomic mass is 16.7. The summed E-state index contributed by atoms with van der Waals surface area (Å²) in [5.41, 5.74) is 1.93. The highest BCUT2D eigenvalue weighted by Crippen LogP contribution is 2.38. The molecule has 144 valence electrons. The van der Waals surface area contributed by atoms with E-state index in [2.05, 4.69) is 6.58 Å². The third-order valence-electron chi connectivity index (χ3n) is 4.34. The molecule has 0 bridgehead atoms. The van der Waals surface area contributed by atoms with Gasteiger partial charge in [0.15, 0.2) is 0 Å². The van der Waals surface area contributed by atoms with Gasteiger partial charge >= 0.3 is 6.16 Å². The SMILES string of the molecule is C=CC(c1ccccc1)c1cc(OC)c(CC(C)(C)OC(=O)O)cc1OC. The van der Waals surface area contributed by atoms with Crippen molar-refractivity contribution < 1.29 is 24.1 Å².